The average Bonchev–Trinajstić information content (AvgIpc) is 2.51. The van der Waals surface area contributed by atoms with Crippen LogP contribution in [0.2, 0.25) is 0 Å². The molecule has 3 nitrogen and oxygen atoms in total. The third kappa shape index (κ3) is 2.20. The Morgan fingerprint density at radius 1 is 1.43 bits per heavy atom. The molecule has 0 radical (unpaired) electrons. The molecule has 0 aliphatic heterocycles. The van der Waals surface area contributed by atoms with Crippen molar-refractivity contribution in [2.75, 3.05) is 7.11 Å². The fraction of sp³-hybridized carbons (Fsp3) is 0.400. The zero-order valence-electron chi connectivity index (χ0n) is 8.37. The van der Waals surface area contributed by atoms with Gasteiger partial charge in [-0.25, -0.2) is 0 Å². The van der Waals surface area contributed by atoms with E-state index in [1.54, 1.807) is 6.07 Å². The number of carbonyl (C=O) groups excluding carboxylic acids is 2. The summed E-state index contributed by atoms with van der Waals surface area (Å²) in [5.74, 6) is -1.42. The Morgan fingerprint density at radius 2 is 2.07 bits per heavy atom. The second-order valence-electron chi connectivity index (χ2n) is 3.02. The minimum Gasteiger partial charge on any atom is -0.468 e. The highest BCUT2D eigenvalue weighted by atomic mass is 32.1. The van der Waals surface area contributed by atoms with Crippen molar-refractivity contribution in [2.45, 2.75) is 19.8 Å². The number of ether oxygens (including phenoxy) is 1. The molecule has 14 heavy (non-hydrogen) atoms. The molecule has 0 aliphatic rings. The topological polar surface area (TPSA) is 43.4 Å². The van der Waals surface area contributed by atoms with Crippen molar-refractivity contribution in [3.05, 3.63) is 21.9 Å². The maximum absolute atomic E-state index is 11.3. The number of thiophene rings is 1. The van der Waals surface area contributed by atoms with E-state index >= 15 is 0 Å². The summed E-state index contributed by atoms with van der Waals surface area (Å²) in [6, 6.07) is 3.68. The highest BCUT2D eigenvalue weighted by Gasteiger charge is 2.27. The molecule has 0 N–H and O–H groups in total. The third-order valence-electron chi connectivity index (χ3n) is 1.89. The van der Waals surface area contributed by atoms with Crippen LogP contribution in [-0.4, -0.2) is 18.9 Å². The van der Waals surface area contributed by atoms with Crippen LogP contribution in [0, 0.1) is 6.92 Å². The summed E-state index contributed by atoms with van der Waals surface area (Å²) in [5.41, 5.74) is 0. The van der Waals surface area contributed by atoms with Gasteiger partial charge in [-0.05, 0) is 26.0 Å². The second-order valence-corrected chi connectivity index (χ2v) is 4.33. The molecule has 1 rings (SSSR count). The minimum atomic E-state index is -0.751. The van der Waals surface area contributed by atoms with Crippen LogP contribution in [0.25, 0.3) is 0 Å². The Kier molecular flexibility index (Phi) is 3.41. The van der Waals surface area contributed by atoms with E-state index in [1.807, 2.05) is 13.0 Å². The largest absolute Gasteiger partial charge is 0.468 e. The number of carbonyl (C=O) groups is 2. The smallest absolute Gasteiger partial charge is 0.321 e. The first-order valence-electron chi connectivity index (χ1n) is 4.21. The van der Waals surface area contributed by atoms with Crippen LogP contribution in [0.1, 0.15) is 22.6 Å². The Morgan fingerprint density at radius 3 is 2.43 bits per heavy atom. The summed E-state index contributed by atoms with van der Waals surface area (Å²) in [5, 5.41) is 0. The molecule has 1 unspecified atom stereocenters. The molecular formula is C10H12O3S. The molecule has 1 atom stereocenters. The van der Waals surface area contributed by atoms with E-state index in [-0.39, 0.29) is 5.78 Å². The zero-order chi connectivity index (χ0) is 10.7. The molecule has 76 valence electrons. The third-order valence-corrected chi connectivity index (χ3v) is 2.95. The minimum absolute atomic E-state index is 0.182. The van der Waals surface area contributed by atoms with E-state index in [0.717, 1.165) is 9.75 Å². The highest BCUT2D eigenvalue weighted by molar-refractivity contribution is 7.12. The Bertz CT molecular complexity index is 354. The van der Waals surface area contributed by atoms with Gasteiger partial charge in [-0.2, -0.15) is 0 Å². The summed E-state index contributed by atoms with van der Waals surface area (Å²) >= 11 is 1.45. The SMILES string of the molecule is COC(=O)C(C(C)=O)c1ccc(C)s1. The monoisotopic (exact) mass is 212 g/mol. The lowest BCUT2D eigenvalue weighted by Crippen LogP contribution is -2.19. The van der Waals surface area contributed by atoms with Gasteiger partial charge >= 0.3 is 5.97 Å². The lowest BCUT2D eigenvalue weighted by Gasteiger charge is -2.08. The molecule has 0 fully saturated rings. The van der Waals surface area contributed by atoms with Gasteiger partial charge in [0.1, 0.15) is 11.7 Å². The maximum atomic E-state index is 11.3. The molecule has 0 bridgehead atoms. The summed E-state index contributed by atoms with van der Waals surface area (Å²) in [6.07, 6.45) is 0. The van der Waals surface area contributed by atoms with Gasteiger partial charge in [0.05, 0.1) is 7.11 Å². The summed E-state index contributed by atoms with van der Waals surface area (Å²) < 4.78 is 4.58. The predicted octanol–water partition coefficient (Wildman–Crippen LogP) is 1.90. The van der Waals surface area contributed by atoms with Crippen molar-refractivity contribution in [3.8, 4) is 0 Å². The summed E-state index contributed by atoms with van der Waals surface area (Å²) in [7, 11) is 1.29. The van der Waals surface area contributed by atoms with Gasteiger partial charge in [0.15, 0.2) is 0 Å². The number of rotatable bonds is 3. The molecule has 1 aromatic heterocycles. The Hall–Kier alpha value is -1.16. The summed E-state index contributed by atoms with van der Waals surface area (Å²) in [4.78, 5) is 24.4. The van der Waals surface area contributed by atoms with E-state index < -0.39 is 11.9 Å². The molecule has 1 aromatic rings. The molecule has 4 heteroatoms. The predicted molar refractivity (Wildman–Crippen MR) is 54.5 cm³/mol. The molecule has 0 spiro atoms. The van der Waals surface area contributed by atoms with Crippen molar-refractivity contribution in [1.82, 2.24) is 0 Å². The fourth-order valence-electron chi connectivity index (χ4n) is 1.21. The first-order chi connectivity index (χ1) is 6.56. The normalized spacial score (nSPS) is 12.2. The molecule has 0 aliphatic carbocycles. The average molecular weight is 212 g/mol. The number of esters is 1. The first-order valence-corrected chi connectivity index (χ1v) is 5.02. The van der Waals surface area contributed by atoms with Crippen LogP contribution >= 0.6 is 11.3 Å². The number of aryl methyl sites for hydroxylation is 1. The van der Waals surface area contributed by atoms with Crippen LogP contribution < -0.4 is 0 Å². The summed E-state index contributed by atoms with van der Waals surface area (Å²) in [6.45, 7) is 3.33. The van der Waals surface area contributed by atoms with E-state index in [2.05, 4.69) is 4.74 Å². The fourth-order valence-corrected chi connectivity index (χ4v) is 2.23. The Labute approximate surface area is 86.7 Å². The molecule has 1 heterocycles. The standard InChI is InChI=1S/C10H12O3S/c1-6-4-5-8(14-6)9(7(2)11)10(12)13-3/h4-5,9H,1-3H3. The van der Waals surface area contributed by atoms with Gasteiger partial charge in [-0.3, -0.25) is 9.59 Å². The number of hydrogen-bond donors (Lipinski definition) is 0. The maximum Gasteiger partial charge on any atom is 0.321 e. The highest BCUT2D eigenvalue weighted by Crippen LogP contribution is 2.26. The molecule has 0 saturated heterocycles. The second kappa shape index (κ2) is 4.37. The lowest BCUT2D eigenvalue weighted by molar-refractivity contribution is -0.145. The number of methoxy groups -OCH3 is 1. The number of Topliss-reactive ketones (excluding diaryl/α,β-unsaturated/α-hetero) is 1. The Balaban J connectivity index is 3.00. The van der Waals surface area contributed by atoms with Gasteiger partial charge in [0.25, 0.3) is 0 Å². The van der Waals surface area contributed by atoms with E-state index in [0.29, 0.717) is 0 Å². The van der Waals surface area contributed by atoms with Crippen LogP contribution in [0.15, 0.2) is 12.1 Å². The van der Waals surface area contributed by atoms with Gasteiger partial charge in [-0.15, -0.1) is 11.3 Å². The zero-order valence-corrected chi connectivity index (χ0v) is 9.18. The van der Waals surface area contributed by atoms with Crippen molar-refractivity contribution in [3.63, 3.8) is 0 Å². The van der Waals surface area contributed by atoms with Crippen LogP contribution in [0.5, 0.6) is 0 Å². The van der Waals surface area contributed by atoms with Crippen molar-refractivity contribution < 1.29 is 14.3 Å². The van der Waals surface area contributed by atoms with E-state index in [4.69, 9.17) is 0 Å². The number of hydrogen-bond acceptors (Lipinski definition) is 4. The van der Waals surface area contributed by atoms with Gasteiger partial charge in [0.2, 0.25) is 0 Å². The van der Waals surface area contributed by atoms with E-state index in [9.17, 15) is 9.59 Å². The molecule has 0 amide bonds. The lowest BCUT2D eigenvalue weighted by atomic mass is 10.0. The van der Waals surface area contributed by atoms with E-state index in [1.165, 1.54) is 25.4 Å². The number of ketones is 1. The molecule has 0 aromatic carbocycles. The molecular weight excluding hydrogens is 200 g/mol. The van der Waals surface area contributed by atoms with Gasteiger partial charge in [-0.1, -0.05) is 0 Å². The van der Waals surface area contributed by atoms with Crippen molar-refractivity contribution in [1.29, 1.82) is 0 Å². The molecule has 0 saturated carbocycles. The quantitative estimate of drug-likeness (QED) is 0.567. The van der Waals surface area contributed by atoms with Gasteiger partial charge < -0.3 is 4.74 Å². The first kappa shape index (κ1) is 10.9. The van der Waals surface area contributed by atoms with Gasteiger partial charge in [0, 0.05) is 9.75 Å². The van der Waals surface area contributed by atoms with Crippen LogP contribution in [-0.2, 0) is 14.3 Å². The van der Waals surface area contributed by atoms with Crippen molar-refractivity contribution >= 4 is 23.1 Å². The van der Waals surface area contributed by atoms with Crippen LogP contribution in [0.3, 0.4) is 0 Å². The van der Waals surface area contributed by atoms with Crippen molar-refractivity contribution in [2.24, 2.45) is 0 Å². The van der Waals surface area contributed by atoms with Crippen LogP contribution in [0.4, 0.5) is 0 Å².